The summed E-state index contributed by atoms with van der Waals surface area (Å²) in [4.78, 5) is 22.1. The molecular weight excluding hydrogens is 382 g/mol. The zero-order valence-corrected chi connectivity index (χ0v) is 17.7. The van der Waals surface area contributed by atoms with E-state index in [0.717, 1.165) is 74.6 Å². The van der Waals surface area contributed by atoms with E-state index in [9.17, 15) is 4.79 Å². The van der Waals surface area contributed by atoms with E-state index in [1.165, 1.54) is 19.3 Å². The highest BCUT2D eigenvalue weighted by Crippen LogP contribution is 2.41. The molecule has 3 aliphatic rings. The lowest BCUT2D eigenvalue weighted by atomic mass is 9.82. The third kappa shape index (κ3) is 3.72. The second kappa shape index (κ2) is 8.61. The molecule has 0 atom stereocenters. The third-order valence-corrected chi connectivity index (χ3v) is 6.96. The van der Waals surface area contributed by atoms with Gasteiger partial charge in [-0.25, -0.2) is 4.98 Å². The maximum atomic E-state index is 12.5. The average Bonchev–Trinajstić information content (AvgIpc) is 3.16. The van der Waals surface area contributed by atoms with Gasteiger partial charge in [-0.2, -0.15) is 5.10 Å². The van der Waals surface area contributed by atoms with Crippen molar-refractivity contribution >= 4 is 22.5 Å². The molecule has 2 aromatic heterocycles. The number of anilines is 1. The largest absolute Gasteiger partial charge is 0.379 e. The molecule has 162 valence electrons. The molecule has 5 rings (SSSR count). The lowest BCUT2D eigenvalue weighted by Gasteiger charge is -2.41. The lowest BCUT2D eigenvalue weighted by Crippen LogP contribution is -2.49. The Bertz CT molecular complexity index is 896. The van der Waals surface area contributed by atoms with Gasteiger partial charge in [0, 0.05) is 45.2 Å². The minimum Gasteiger partial charge on any atom is -0.379 e. The van der Waals surface area contributed by atoms with E-state index in [4.69, 9.17) is 9.47 Å². The van der Waals surface area contributed by atoms with Gasteiger partial charge in [0.1, 0.15) is 12.3 Å². The Morgan fingerprint density at radius 2 is 1.97 bits per heavy atom. The SMILES string of the molecule is COCC(=O)c1cc(N2CCC(N3CCOCC3)CC2)c2c(C3CCC3)n[nH]c2n1. The number of aromatic amines is 1. The zero-order chi connectivity index (χ0) is 20.5. The van der Waals surface area contributed by atoms with Gasteiger partial charge in [0.05, 0.1) is 30.0 Å². The van der Waals surface area contributed by atoms with Gasteiger partial charge in [-0.05, 0) is 31.7 Å². The fraction of sp³-hybridized carbons (Fsp3) is 0.682. The van der Waals surface area contributed by atoms with Gasteiger partial charge in [0.15, 0.2) is 5.65 Å². The first-order valence-electron chi connectivity index (χ1n) is 11.2. The van der Waals surface area contributed by atoms with E-state index in [-0.39, 0.29) is 12.4 Å². The second-order valence-electron chi connectivity index (χ2n) is 8.71. The Morgan fingerprint density at radius 1 is 1.20 bits per heavy atom. The Kier molecular flexibility index (Phi) is 5.71. The fourth-order valence-electron chi connectivity index (χ4n) is 5.02. The van der Waals surface area contributed by atoms with Gasteiger partial charge in [-0.1, -0.05) is 6.42 Å². The second-order valence-corrected chi connectivity index (χ2v) is 8.71. The molecule has 8 heteroatoms. The van der Waals surface area contributed by atoms with Gasteiger partial charge >= 0.3 is 0 Å². The Labute approximate surface area is 176 Å². The van der Waals surface area contributed by atoms with Crippen molar-refractivity contribution < 1.29 is 14.3 Å². The highest BCUT2D eigenvalue weighted by molar-refractivity contribution is 6.01. The van der Waals surface area contributed by atoms with Crippen LogP contribution < -0.4 is 4.90 Å². The fourth-order valence-corrected chi connectivity index (χ4v) is 5.02. The van der Waals surface area contributed by atoms with Crippen molar-refractivity contribution in [3.05, 3.63) is 17.5 Å². The van der Waals surface area contributed by atoms with E-state index in [0.29, 0.717) is 17.7 Å². The van der Waals surface area contributed by atoms with Gasteiger partial charge in [-0.15, -0.1) is 0 Å². The first-order chi connectivity index (χ1) is 14.7. The standard InChI is InChI=1S/C22H31N5O3/c1-29-14-19(28)17-13-18(20-21(15-3-2-4-15)24-25-22(20)23-17)27-7-5-16(6-8-27)26-9-11-30-12-10-26/h13,15-16H,2-12,14H2,1H3,(H,23,24,25). The summed E-state index contributed by atoms with van der Waals surface area (Å²) in [5, 5.41) is 8.85. The van der Waals surface area contributed by atoms with Crippen molar-refractivity contribution in [3.8, 4) is 0 Å². The number of carbonyl (C=O) groups excluding carboxylic acids is 1. The maximum absolute atomic E-state index is 12.5. The molecule has 2 aliphatic heterocycles. The van der Waals surface area contributed by atoms with Gasteiger partial charge < -0.3 is 14.4 Å². The number of H-pyrrole nitrogens is 1. The van der Waals surface area contributed by atoms with Crippen LogP contribution >= 0.6 is 0 Å². The monoisotopic (exact) mass is 413 g/mol. The number of piperidine rings is 1. The van der Waals surface area contributed by atoms with Crippen molar-refractivity contribution in [2.75, 3.05) is 58.0 Å². The summed E-state index contributed by atoms with van der Waals surface area (Å²) in [6, 6.07) is 2.59. The molecule has 2 saturated heterocycles. The van der Waals surface area contributed by atoms with E-state index in [2.05, 4.69) is 25.0 Å². The number of ketones is 1. The molecule has 30 heavy (non-hydrogen) atoms. The van der Waals surface area contributed by atoms with Crippen LogP contribution in [0, 0.1) is 0 Å². The first-order valence-corrected chi connectivity index (χ1v) is 11.2. The van der Waals surface area contributed by atoms with E-state index in [1.807, 2.05) is 6.07 Å². The number of hydrogen-bond donors (Lipinski definition) is 1. The summed E-state index contributed by atoms with van der Waals surface area (Å²) in [7, 11) is 1.54. The number of aromatic nitrogens is 3. The Hall–Kier alpha value is -2.03. The Morgan fingerprint density at radius 3 is 2.63 bits per heavy atom. The normalized spacial score (nSPS) is 21.8. The Balaban J connectivity index is 1.44. The van der Waals surface area contributed by atoms with E-state index >= 15 is 0 Å². The number of Topliss-reactive ketones (excluding diaryl/α,β-unsaturated/α-hetero) is 1. The average molecular weight is 414 g/mol. The minimum atomic E-state index is -0.0938. The minimum absolute atomic E-state index is 0.0423. The van der Waals surface area contributed by atoms with Crippen LogP contribution in [0.2, 0.25) is 0 Å². The van der Waals surface area contributed by atoms with E-state index in [1.54, 1.807) is 7.11 Å². The molecule has 0 aromatic carbocycles. The lowest BCUT2D eigenvalue weighted by molar-refractivity contribution is 0.0115. The molecule has 0 radical (unpaired) electrons. The smallest absolute Gasteiger partial charge is 0.206 e. The number of nitrogens with zero attached hydrogens (tertiary/aromatic N) is 4. The molecule has 1 saturated carbocycles. The first kappa shape index (κ1) is 19.9. The molecule has 2 aromatic rings. The van der Waals surface area contributed by atoms with E-state index < -0.39 is 0 Å². The number of nitrogens with one attached hydrogen (secondary N) is 1. The predicted molar refractivity (Wildman–Crippen MR) is 114 cm³/mol. The van der Waals surface area contributed by atoms with Crippen molar-refractivity contribution in [1.82, 2.24) is 20.1 Å². The molecule has 8 nitrogen and oxygen atoms in total. The van der Waals surface area contributed by atoms with Crippen molar-refractivity contribution in [3.63, 3.8) is 0 Å². The summed E-state index contributed by atoms with van der Waals surface area (Å²) >= 11 is 0. The van der Waals surface area contributed by atoms with Crippen molar-refractivity contribution in [1.29, 1.82) is 0 Å². The summed E-state index contributed by atoms with van der Waals surface area (Å²) in [5.41, 5.74) is 3.41. The van der Waals surface area contributed by atoms with Crippen molar-refractivity contribution in [2.24, 2.45) is 0 Å². The predicted octanol–water partition coefficient (Wildman–Crippen LogP) is 2.36. The van der Waals surface area contributed by atoms with Crippen molar-refractivity contribution in [2.45, 2.75) is 44.1 Å². The van der Waals surface area contributed by atoms with Crippen LogP contribution in [0.25, 0.3) is 11.0 Å². The number of ether oxygens (including phenoxy) is 2. The number of fused-ring (bicyclic) bond motifs is 1. The van der Waals surface area contributed by atoms with Gasteiger partial charge in [-0.3, -0.25) is 14.8 Å². The number of pyridine rings is 1. The topological polar surface area (TPSA) is 83.6 Å². The number of rotatable bonds is 6. The molecular formula is C22H31N5O3. The van der Waals surface area contributed by atoms with Crippen LogP contribution in [0.1, 0.15) is 54.2 Å². The van der Waals surface area contributed by atoms with Crippen LogP contribution in [0.5, 0.6) is 0 Å². The molecule has 0 bridgehead atoms. The summed E-state index contributed by atoms with van der Waals surface area (Å²) in [6.07, 6.45) is 5.88. The molecule has 4 heterocycles. The highest BCUT2D eigenvalue weighted by Gasteiger charge is 2.31. The van der Waals surface area contributed by atoms with Crippen LogP contribution in [0.3, 0.4) is 0 Å². The molecule has 1 aliphatic carbocycles. The summed E-state index contributed by atoms with van der Waals surface area (Å²) in [6.45, 7) is 5.76. The molecule has 0 spiro atoms. The van der Waals surface area contributed by atoms with Crippen LogP contribution in [0.15, 0.2) is 6.07 Å². The molecule has 0 unspecified atom stereocenters. The van der Waals surface area contributed by atoms with Gasteiger partial charge in [0.25, 0.3) is 0 Å². The summed E-state index contributed by atoms with van der Waals surface area (Å²) < 4.78 is 10.6. The zero-order valence-electron chi connectivity index (χ0n) is 17.7. The molecule has 1 N–H and O–H groups in total. The molecule has 0 amide bonds. The third-order valence-electron chi connectivity index (χ3n) is 6.96. The van der Waals surface area contributed by atoms with Gasteiger partial charge in [0.2, 0.25) is 5.78 Å². The number of hydrogen-bond acceptors (Lipinski definition) is 7. The van der Waals surface area contributed by atoms with Crippen LogP contribution in [-0.4, -0.2) is 85.0 Å². The highest BCUT2D eigenvalue weighted by atomic mass is 16.5. The summed E-state index contributed by atoms with van der Waals surface area (Å²) in [5.74, 6) is 0.411. The quantitative estimate of drug-likeness (QED) is 0.728. The van der Waals surface area contributed by atoms with Crippen LogP contribution in [0.4, 0.5) is 5.69 Å². The maximum Gasteiger partial charge on any atom is 0.206 e. The number of morpholine rings is 1. The number of carbonyl (C=O) groups is 1. The van der Waals surface area contributed by atoms with Crippen LogP contribution in [-0.2, 0) is 9.47 Å². The molecule has 3 fully saturated rings. The number of methoxy groups -OCH3 is 1.